The molecule has 29 heavy (non-hydrogen) atoms. The highest BCUT2D eigenvalue weighted by atomic mass is 19.1. The van der Waals surface area contributed by atoms with Crippen LogP contribution in [0.1, 0.15) is 29.2 Å². The summed E-state index contributed by atoms with van der Waals surface area (Å²) in [5.41, 5.74) is 0.207. The fourth-order valence-electron chi connectivity index (χ4n) is 3.59. The van der Waals surface area contributed by atoms with E-state index in [0.29, 0.717) is 17.0 Å². The smallest absolute Gasteiger partial charge is 0.341 e. The van der Waals surface area contributed by atoms with Crippen LogP contribution in [-0.4, -0.2) is 37.7 Å². The molecule has 146 valence electrons. The number of carbonyl (C=O) groups is 1. The van der Waals surface area contributed by atoms with Gasteiger partial charge in [0.25, 0.3) is 0 Å². The number of carboxylic acids is 1. The highest BCUT2D eigenvalue weighted by Gasteiger charge is 2.29. The van der Waals surface area contributed by atoms with Crippen LogP contribution in [0.2, 0.25) is 0 Å². The third-order valence-electron chi connectivity index (χ3n) is 5.15. The van der Waals surface area contributed by atoms with Crippen molar-refractivity contribution in [1.29, 1.82) is 0 Å². The Hall–Kier alpha value is -3.75. The van der Waals surface area contributed by atoms with Crippen molar-refractivity contribution in [1.82, 2.24) is 19.6 Å². The Balaban J connectivity index is 1.86. The lowest BCUT2D eigenvalue weighted by Gasteiger charge is -2.12. The van der Waals surface area contributed by atoms with E-state index in [2.05, 4.69) is 10.3 Å². The molecule has 4 aromatic rings. The van der Waals surface area contributed by atoms with Gasteiger partial charge in [0.2, 0.25) is 5.43 Å². The van der Waals surface area contributed by atoms with Crippen molar-refractivity contribution in [3.05, 3.63) is 58.1 Å². The van der Waals surface area contributed by atoms with Gasteiger partial charge < -0.3 is 14.4 Å². The number of aromatic carboxylic acids is 1. The number of methoxy groups -OCH3 is 1. The maximum absolute atomic E-state index is 15.1. The fourth-order valence-corrected chi connectivity index (χ4v) is 3.59. The fraction of sp³-hybridized carbons (Fsp3) is 0.200. The number of benzene rings is 2. The monoisotopic (exact) mass is 394 g/mol. The summed E-state index contributed by atoms with van der Waals surface area (Å²) in [5, 5.41) is 17.6. The van der Waals surface area contributed by atoms with Gasteiger partial charge in [-0.15, -0.1) is 5.10 Å². The number of ether oxygens (including phenoxy) is 1. The number of pyridine rings is 1. The van der Waals surface area contributed by atoms with Crippen LogP contribution in [0.3, 0.4) is 0 Å². The van der Waals surface area contributed by atoms with Crippen LogP contribution < -0.4 is 10.2 Å². The van der Waals surface area contributed by atoms with Gasteiger partial charge in [0.15, 0.2) is 5.82 Å². The molecular weight excluding hydrogens is 379 g/mol. The zero-order valence-corrected chi connectivity index (χ0v) is 15.3. The number of carboxylic acid groups (broad SMARTS) is 1. The lowest BCUT2D eigenvalue weighted by Crippen LogP contribution is -2.19. The van der Waals surface area contributed by atoms with Crippen LogP contribution in [-0.2, 0) is 0 Å². The lowest BCUT2D eigenvalue weighted by molar-refractivity contribution is 0.0695. The number of hydrogen-bond acceptors (Lipinski definition) is 5. The minimum Gasteiger partial charge on any atom is -0.497 e. The first kappa shape index (κ1) is 17.4. The SMILES string of the molecule is COc1ccc(-n2nnc3c4c(cc(F)c32)c(=O)c(C(=O)O)cn4C2CC2)cc1. The van der Waals surface area contributed by atoms with E-state index in [9.17, 15) is 14.7 Å². The summed E-state index contributed by atoms with van der Waals surface area (Å²) in [6.45, 7) is 0. The maximum atomic E-state index is 15.1. The number of halogens is 1. The number of nitrogens with zero attached hydrogens (tertiary/aromatic N) is 4. The van der Waals surface area contributed by atoms with E-state index in [-0.39, 0.29) is 28.0 Å². The Kier molecular flexibility index (Phi) is 3.67. The molecule has 0 atom stereocenters. The Morgan fingerprint density at radius 1 is 1.24 bits per heavy atom. The largest absolute Gasteiger partial charge is 0.497 e. The van der Waals surface area contributed by atoms with Crippen molar-refractivity contribution < 1.29 is 19.0 Å². The van der Waals surface area contributed by atoms with Gasteiger partial charge in [0.05, 0.1) is 23.7 Å². The van der Waals surface area contributed by atoms with Crippen molar-refractivity contribution in [2.75, 3.05) is 7.11 Å². The molecule has 2 aromatic carbocycles. The van der Waals surface area contributed by atoms with Gasteiger partial charge in [-0.05, 0) is 43.2 Å². The summed E-state index contributed by atoms with van der Waals surface area (Å²) >= 11 is 0. The highest BCUT2D eigenvalue weighted by molar-refractivity contribution is 6.04. The molecule has 1 aliphatic carbocycles. The number of fused-ring (bicyclic) bond motifs is 3. The second kappa shape index (κ2) is 6.13. The van der Waals surface area contributed by atoms with Gasteiger partial charge in [-0.25, -0.2) is 13.9 Å². The average Bonchev–Trinajstić information content (AvgIpc) is 3.46. The summed E-state index contributed by atoms with van der Waals surface area (Å²) < 4.78 is 23.3. The lowest BCUT2D eigenvalue weighted by atomic mass is 10.1. The van der Waals surface area contributed by atoms with Crippen molar-refractivity contribution in [3.8, 4) is 11.4 Å². The minimum absolute atomic E-state index is 0.0106. The Bertz CT molecular complexity index is 1350. The molecular formula is C20H15FN4O4. The molecule has 1 N–H and O–H groups in total. The zero-order chi connectivity index (χ0) is 20.3. The van der Waals surface area contributed by atoms with Crippen LogP contribution in [0.15, 0.2) is 41.3 Å². The predicted octanol–water partition coefficient (Wildman–Crippen LogP) is 2.92. The van der Waals surface area contributed by atoms with Crippen molar-refractivity contribution in [2.24, 2.45) is 0 Å². The van der Waals surface area contributed by atoms with Gasteiger partial charge in [-0.3, -0.25) is 4.79 Å². The molecule has 0 amide bonds. The Labute approximate surface area is 162 Å². The Morgan fingerprint density at radius 2 is 1.97 bits per heavy atom. The molecule has 9 heteroatoms. The van der Waals surface area contributed by atoms with Gasteiger partial charge in [-0.2, -0.15) is 0 Å². The average molecular weight is 394 g/mol. The molecule has 8 nitrogen and oxygen atoms in total. The van der Waals surface area contributed by atoms with E-state index in [1.54, 1.807) is 35.9 Å². The molecule has 1 fully saturated rings. The summed E-state index contributed by atoms with van der Waals surface area (Å²) in [5.74, 6) is -1.39. The third kappa shape index (κ3) is 2.58. The Morgan fingerprint density at radius 3 is 2.59 bits per heavy atom. The van der Waals surface area contributed by atoms with E-state index in [1.807, 2.05) is 0 Å². The van der Waals surface area contributed by atoms with E-state index in [0.717, 1.165) is 18.9 Å². The van der Waals surface area contributed by atoms with E-state index >= 15 is 4.39 Å². The molecule has 0 bridgehead atoms. The first-order chi connectivity index (χ1) is 14.0. The number of rotatable bonds is 4. The first-order valence-electron chi connectivity index (χ1n) is 9.00. The van der Waals surface area contributed by atoms with Gasteiger partial charge >= 0.3 is 5.97 Å². The predicted molar refractivity (Wildman–Crippen MR) is 102 cm³/mol. The van der Waals surface area contributed by atoms with Crippen LogP contribution in [0.5, 0.6) is 5.75 Å². The summed E-state index contributed by atoms with van der Waals surface area (Å²) in [7, 11) is 1.55. The maximum Gasteiger partial charge on any atom is 0.341 e. The summed E-state index contributed by atoms with van der Waals surface area (Å²) in [4.78, 5) is 24.2. The second-order valence-corrected chi connectivity index (χ2v) is 6.97. The molecule has 2 heterocycles. The molecule has 1 saturated carbocycles. The quantitative estimate of drug-likeness (QED) is 0.571. The van der Waals surface area contributed by atoms with Gasteiger partial charge in [-0.1, -0.05) is 5.21 Å². The topological polar surface area (TPSA) is 99.2 Å². The molecule has 0 aliphatic heterocycles. The van der Waals surface area contributed by atoms with Crippen molar-refractivity contribution in [2.45, 2.75) is 18.9 Å². The van der Waals surface area contributed by atoms with E-state index in [1.165, 1.54) is 10.9 Å². The summed E-state index contributed by atoms with van der Waals surface area (Å²) in [6.07, 6.45) is 3.03. The number of hydrogen-bond donors (Lipinski definition) is 1. The molecule has 0 saturated heterocycles. The second-order valence-electron chi connectivity index (χ2n) is 6.97. The minimum atomic E-state index is -1.34. The van der Waals surface area contributed by atoms with Gasteiger partial charge in [0, 0.05) is 12.2 Å². The first-order valence-corrected chi connectivity index (χ1v) is 9.00. The summed E-state index contributed by atoms with van der Waals surface area (Å²) in [6, 6.07) is 8.02. The standard InChI is InChI=1S/C20H15FN4O4/c1-29-12-6-4-11(5-7-12)25-18-15(21)8-13-17(16(18)22-23-25)24(10-2-3-10)9-14(19(13)26)20(27)28/h4-10H,2-3H2,1H3,(H,27,28). The van der Waals surface area contributed by atoms with Crippen LogP contribution in [0, 0.1) is 5.82 Å². The number of aromatic nitrogens is 4. The van der Waals surface area contributed by atoms with Crippen LogP contribution >= 0.6 is 0 Å². The normalized spacial score (nSPS) is 13.9. The van der Waals surface area contributed by atoms with Crippen LogP contribution in [0.4, 0.5) is 4.39 Å². The molecule has 2 aromatic heterocycles. The van der Waals surface area contributed by atoms with Gasteiger partial charge in [0.1, 0.15) is 22.3 Å². The highest BCUT2D eigenvalue weighted by Crippen LogP contribution is 2.39. The van der Waals surface area contributed by atoms with Crippen molar-refractivity contribution in [3.63, 3.8) is 0 Å². The van der Waals surface area contributed by atoms with E-state index in [4.69, 9.17) is 4.74 Å². The van der Waals surface area contributed by atoms with Crippen molar-refractivity contribution >= 4 is 27.9 Å². The van der Waals surface area contributed by atoms with Crippen LogP contribution in [0.25, 0.3) is 27.6 Å². The molecule has 0 unspecified atom stereocenters. The molecule has 5 rings (SSSR count). The van der Waals surface area contributed by atoms with E-state index < -0.39 is 17.2 Å². The molecule has 0 radical (unpaired) electrons. The third-order valence-corrected chi connectivity index (χ3v) is 5.15. The zero-order valence-electron chi connectivity index (χ0n) is 15.3. The molecule has 1 aliphatic rings. The molecule has 0 spiro atoms.